The van der Waals surface area contributed by atoms with Gasteiger partial charge in [0.1, 0.15) is 11.2 Å². The van der Waals surface area contributed by atoms with Crippen LogP contribution in [-0.2, 0) is 6.54 Å². The second-order valence-corrected chi connectivity index (χ2v) is 5.62. The summed E-state index contributed by atoms with van der Waals surface area (Å²) >= 11 is 0. The molecule has 3 heterocycles. The number of nitrogens with zero attached hydrogens (tertiary/aromatic N) is 4. The van der Waals surface area contributed by atoms with Gasteiger partial charge in [0.25, 0.3) is 11.5 Å². The number of amides is 1. The van der Waals surface area contributed by atoms with Gasteiger partial charge in [-0.1, -0.05) is 0 Å². The van der Waals surface area contributed by atoms with Crippen molar-refractivity contribution in [1.82, 2.24) is 19.4 Å². The third-order valence-electron chi connectivity index (χ3n) is 4.19. The Hall–Kier alpha value is -2.21. The Labute approximate surface area is 129 Å². The maximum atomic E-state index is 12.7. The van der Waals surface area contributed by atoms with Crippen molar-refractivity contribution in [2.45, 2.75) is 13.5 Å². The SMILES string of the molecule is CCn1c(=O)c(C(=O)N2CCN(C)CC2)cc2cccnc21. The lowest BCUT2D eigenvalue weighted by molar-refractivity contribution is 0.0662. The number of piperazine rings is 1. The summed E-state index contributed by atoms with van der Waals surface area (Å²) in [5.74, 6) is -0.175. The molecule has 22 heavy (non-hydrogen) atoms. The van der Waals surface area contributed by atoms with Crippen LogP contribution in [0.1, 0.15) is 17.3 Å². The van der Waals surface area contributed by atoms with Gasteiger partial charge >= 0.3 is 0 Å². The number of rotatable bonds is 2. The molecule has 0 aromatic carbocycles. The Morgan fingerprint density at radius 3 is 2.68 bits per heavy atom. The van der Waals surface area contributed by atoms with Crippen LogP contribution in [0.25, 0.3) is 11.0 Å². The number of carbonyl (C=O) groups excluding carboxylic acids is 1. The third-order valence-corrected chi connectivity index (χ3v) is 4.19. The van der Waals surface area contributed by atoms with Gasteiger partial charge in [-0.15, -0.1) is 0 Å². The molecular formula is C16H20N4O2. The Balaban J connectivity index is 2.05. The van der Waals surface area contributed by atoms with E-state index in [1.54, 1.807) is 21.7 Å². The van der Waals surface area contributed by atoms with E-state index in [1.165, 1.54) is 0 Å². The van der Waals surface area contributed by atoms with E-state index in [0.717, 1.165) is 18.5 Å². The predicted octanol–water partition coefficient (Wildman–Crippen LogP) is 0.804. The van der Waals surface area contributed by atoms with Crippen LogP contribution in [0.3, 0.4) is 0 Å². The number of fused-ring (bicyclic) bond motifs is 1. The van der Waals surface area contributed by atoms with Crippen LogP contribution >= 0.6 is 0 Å². The molecule has 1 aliphatic rings. The lowest BCUT2D eigenvalue weighted by atomic mass is 10.1. The third kappa shape index (κ3) is 2.50. The van der Waals surface area contributed by atoms with E-state index < -0.39 is 0 Å². The van der Waals surface area contributed by atoms with E-state index in [-0.39, 0.29) is 17.0 Å². The lowest BCUT2D eigenvalue weighted by Gasteiger charge is -2.32. The highest BCUT2D eigenvalue weighted by Gasteiger charge is 2.24. The molecule has 0 atom stereocenters. The normalized spacial score (nSPS) is 16.2. The van der Waals surface area contributed by atoms with Gasteiger partial charge in [-0.25, -0.2) is 4.98 Å². The average molecular weight is 300 g/mol. The number of aromatic nitrogens is 2. The number of carbonyl (C=O) groups is 1. The van der Waals surface area contributed by atoms with E-state index in [1.807, 2.05) is 26.1 Å². The molecular weight excluding hydrogens is 280 g/mol. The van der Waals surface area contributed by atoms with Gasteiger partial charge in [0.2, 0.25) is 0 Å². The molecule has 0 N–H and O–H groups in total. The fourth-order valence-corrected chi connectivity index (χ4v) is 2.83. The Bertz CT molecular complexity index is 760. The highest BCUT2D eigenvalue weighted by atomic mass is 16.2. The zero-order chi connectivity index (χ0) is 15.7. The van der Waals surface area contributed by atoms with Crippen molar-refractivity contribution in [3.8, 4) is 0 Å². The quantitative estimate of drug-likeness (QED) is 0.823. The minimum Gasteiger partial charge on any atom is -0.336 e. The molecule has 116 valence electrons. The summed E-state index contributed by atoms with van der Waals surface area (Å²) in [5, 5.41) is 0.821. The smallest absolute Gasteiger partial charge is 0.265 e. The van der Waals surface area contributed by atoms with Gasteiger partial charge in [-0.05, 0) is 32.2 Å². The fourth-order valence-electron chi connectivity index (χ4n) is 2.83. The Morgan fingerprint density at radius 1 is 1.27 bits per heavy atom. The monoisotopic (exact) mass is 300 g/mol. The minimum atomic E-state index is -0.252. The number of likely N-dealkylation sites (N-methyl/N-ethyl adjacent to an activating group) is 1. The lowest BCUT2D eigenvalue weighted by Crippen LogP contribution is -2.48. The first-order chi connectivity index (χ1) is 10.6. The van der Waals surface area contributed by atoms with E-state index in [0.29, 0.717) is 25.3 Å². The summed E-state index contributed by atoms with van der Waals surface area (Å²) in [6.45, 7) is 5.37. The van der Waals surface area contributed by atoms with Gasteiger partial charge in [0.05, 0.1) is 0 Å². The van der Waals surface area contributed by atoms with Gasteiger partial charge in [0, 0.05) is 44.3 Å². The molecule has 1 fully saturated rings. The molecule has 0 spiro atoms. The molecule has 3 rings (SSSR count). The summed E-state index contributed by atoms with van der Waals surface area (Å²) in [7, 11) is 2.04. The first-order valence-corrected chi connectivity index (χ1v) is 7.58. The number of aryl methyl sites for hydroxylation is 1. The van der Waals surface area contributed by atoms with Crippen molar-refractivity contribution in [1.29, 1.82) is 0 Å². The highest BCUT2D eigenvalue weighted by Crippen LogP contribution is 2.13. The van der Waals surface area contributed by atoms with Crippen molar-refractivity contribution in [3.63, 3.8) is 0 Å². The maximum Gasteiger partial charge on any atom is 0.265 e. The van der Waals surface area contributed by atoms with E-state index in [2.05, 4.69) is 9.88 Å². The molecule has 2 aromatic heterocycles. The van der Waals surface area contributed by atoms with Crippen LogP contribution in [-0.4, -0.2) is 58.5 Å². The average Bonchev–Trinajstić information content (AvgIpc) is 2.54. The molecule has 0 saturated carbocycles. The molecule has 1 amide bonds. The maximum absolute atomic E-state index is 12.7. The summed E-state index contributed by atoms with van der Waals surface area (Å²) in [6, 6.07) is 5.38. The molecule has 0 radical (unpaired) electrons. The molecule has 6 heteroatoms. The number of hydrogen-bond donors (Lipinski definition) is 0. The fraction of sp³-hybridized carbons (Fsp3) is 0.438. The van der Waals surface area contributed by atoms with Gasteiger partial charge in [-0.3, -0.25) is 14.2 Å². The van der Waals surface area contributed by atoms with E-state index >= 15 is 0 Å². The predicted molar refractivity (Wildman–Crippen MR) is 85.1 cm³/mol. The first-order valence-electron chi connectivity index (χ1n) is 7.58. The van der Waals surface area contributed by atoms with Crippen molar-refractivity contribution >= 4 is 16.9 Å². The molecule has 2 aromatic rings. The molecule has 1 saturated heterocycles. The molecule has 0 unspecified atom stereocenters. The first kappa shape index (κ1) is 14.7. The standard InChI is InChI=1S/C16H20N4O2/c1-3-20-14-12(5-4-6-17-14)11-13(16(20)22)15(21)19-9-7-18(2)8-10-19/h4-6,11H,3,7-10H2,1-2H3. The summed E-state index contributed by atoms with van der Waals surface area (Å²) in [5.41, 5.74) is 0.620. The van der Waals surface area contributed by atoms with Crippen LogP contribution < -0.4 is 5.56 Å². The summed E-state index contributed by atoms with van der Waals surface area (Å²) < 4.78 is 1.57. The van der Waals surface area contributed by atoms with Crippen LogP contribution in [0.15, 0.2) is 29.2 Å². The van der Waals surface area contributed by atoms with Crippen molar-refractivity contribution < 1.29 is 4.79 Å². The number of pyridine rings is 2. The van der Waals surface area contributed by atoms with Gasteiger partial charge in [0.15, 0.2) is 0 Å². The Morgan fingerprint density at radius 2 is 2.00 bits per heavy atom. The number of hydrogen-bond acceptors (Lipinski definition) is 4. The van der Waals surface area contributed by atoms with Crippen LogP contribution in [0.2, 0.25) is 0 Å². The van der Waals surface area contributed by atoms with Crippen LogP contribution in [0, 0.1) is 0 Å². The van der Waals surface area contributed by atoms with Gasteiger partial charge in [-0.2, -0.15) is 0 Å². The van der Waals surface area contributed by atoms with E-state index in [4.69, 9.17) is 0 Å². The topological polar surface area (TPSA) is 58.4 Å². The largest absolute Gasteiger partial charge is 0.336 e. The minimum absolute atomic E-state index is 0.175. The summed E-state index contributed by atoms with van der Waals surface area (Å²) in [6.07, 6.45) is 1.66. The zero-order valence-corrected chi connectivity index (χ0v) is 13.0. The van der Waals surface area contributed by atoms with Crippen molar-refractivity contribution in [3.05, 3.63) is 40.3 Å². The van der Waals surface area contributed by atoms with Crippen LogP contribution in [0.5, 0.6) is 0 Å². The molecule has 6 nitrogen and oxygen atoms in total. The van der Waals surface area contributed by atoms with Crippen molar-refractivity contribution in [2.24, 2.45) is 0 Å². The zero-order valence-electron chi connectivity index (χ0n) is 13.0. The molecule has 0 aliphatic carbocycles. The van der Waals surface area contributed by atoms with E-state index in [9.17, 15) is 9.59 Å². The van der Waals surface area contributed by atoms with Gasteiger partial charge < -0.3 is 9.80 Å². The highest BCUT2D eigenvalue weighted by molar-refractivity contribution is 5.97. The molecule has 0 bridgehead atoms. The second kappa shape index (κ2) is 5.88. The second-order valence-electron chi connectivity index (χ2n) is 5.62. The van der Waals surface area contributed by atoms with Crippen molar-refractivity contribution in [2.75, 3.05) is 33.2 Å². The Kier molecular flexibility index (Phi) is 3.94. The summed E-state index contributed by atoms with van der Waals surface area (Å²) in [4.78, 5) is 33.5. The van der Waals surface area contributed by atoms with Crippen LogP contribution in [0.4, 0.5) is 0 Å². The molecule has 1 aliphatic heterocycles.